The maximum atomic E-state index is 12.7. The third-order valence-corrected chi connectivity index (χ3v) is 8.47. The number of benzene rings is 1. The molecule has 6 unspecified atom stereocenters. The quantitative estimate of drug-likeness (QED) is 0.651. The van der Waals surface area contributed by atoms with E-state index < -0.39 is 0 Å². The molecular formula is C25H30O3. The molecule has 148 valence electrons. The molecule has 1 aromatic carbocycles. The number of hydrogen-bond donors (Lipinski definition) is 0. The van der Waals surface area contributed by atoms with Gasteiger partial charge in [-0.05, 0) is 86.8 Å². The van der Waals surface area contributed by atoms with E-state index in [1.54, 1.807) is 0 Å². The van der Waals surface area contributed by atoms with Crippen LogP contribution in [0.5, 0.6) is 0 Å². The minimum absolute atomic E-state index is 0.0380. The van der Waals surface area contributed by atoms with Gasteiger partial charge in [-0.1, -0.05) is 30.7 Å². The molecule has 3 heteroatoms. The largest absolute Gasteiger partial charge is 0.458 e. The molecule has 1 aromatic rings. The van der Waals surface area contributed by atoms with Crippen molar-refractivity contribution in [1.29, 1.82) is 0 Å². The van der Waals surface area contributed by atoms with Crippen molar-refractivity contribution in [3.05, 3.63) is 47.5 Å². The molecule has 3 fully saturated rings. The second-order valence-electron chi connectivity index (χ2n) is 9.69. The van der Waals surface area contributed by atoms with Crippen LogP contribution in [-0.2, 0) is 9.53 Å². The number of ether oxygens (including phenoxy) is 1. The van der Waals surface area contributed by atoms with Crippen LogP contribution >= 0.6 is 0 Å². The standard InChI is InChI=1S/C25H30O3/c1-25-14-13-20-19-10-8-18(26)15-17(19)7-9-21(20)22(25)11-12-23(25)28-24(27)16-5-3-2-4-6-16/h2-6,15,19-23H,7-14H2,1H3. The molecule has 0 saturated heterocycles. The van der Waals surface area contributed by atoms with Crippen molar-refractivity contribution in [3.63, 3.8) is 0 Å². The molecule has 0 spiro atoms. The molecule has 0 aromatic heterocycles. The molecule has 3 saturated carbocycles. The number of rotatable bonds is 2. The van der Waals surface area contributed by atoms with Crippen molar-refractivity contribution in [2.45, 2.75) is 64.4 Å². The van der Waals surface area contributed by atoms with Gasteiger partial charge in [-0.2, -0.15) is 0 Å². The molecule has 28 heavy (non-hydrogen) atoms. The second kappa shape index (κ2) is 6.86. The van der Waals surface area contributed by atoms with E-state index in [4.69, 9.17) is 4.74 Å². The van der Waals surface area contributed by atoms with Crippen molar-refractivity contribution in [2.24, 2.45) is 29.1 Å². The van der Waals surface area contributed by atoms with Crippen molar-refractivity contribution < 1.29 is 14.3 Å². The Labute approximate surface area is 167 Å². The average molecular weight is 379 g/mol. The SMILES string of the molecule is CC12CCC3C4CCC(=O)C=C4CCC3C1CCC2OC(=O)c1ccccc1. The summed E-state index contributed by atoms with van der Waals surface area (Å²) in [6.07, 6.45) is 10.6. The number of carbonyl (C=O) groups is 2. The normalized spacial score (nSPS) is 39.4. The minimum Gasteiger partial charge on any atom is -0.458 e. The lowest BCUT2D eigenvalue weighted by molar-refractivity contribution is -0.116. The minimum atomic E-state index is -0.172. The van der Waals surface area contributed by atoms with E-state index in [2.05, 4.69) is 6.92 Å². The van der Waals surface area contributed by atoms with E-state index in [0.717, 1.165) is 43.9 Å². The van der Waals surface area contributed by atoms with Gasteiger partial charge >= 0.3 is 5.97 Å². The van der Waals surface area contributed by atoms with Crippen LogP contribution in [0.3, 0.4) is 0 Å². The number of fused-ring (bicyclic) bond motifs is 5. The zero-order valence-corrected chi connectivity index (χ0v) is 16.7. The third kappa shape index (κ3) is 2.86. The third-order valence-electron chi connectivity index (χ3n) is 8.47. The zero-order chi connectivity index (χ0) is 19.3. The summed E-state index contributed by atoms with van der Waals surface area (Å²) in [7, 11) is 0. The maximum Gasteiger partial charge on any atom is 0.338 e. The Balaban J connectivity index is 1.34. The van der Waals surface area contributed by atoms with Gasteiger partial charge < -0.3 is 4.74 Å². The maximum absolute atomic E-state index is 12.7. The van der Waals surface area contributed by atoms with E-state index in [1.165, 1.54) is 24.8 Å². The van der Waals surface area contributed by atoms with Crippen LogP contribution in [-0.4, -0.2) is 17.9 Å². The highest BCUT2D eigenvalue weighted by molar-refractivity contribution is 5.91. The first kappa shape index (κ1) is 18.1. The van der Waals surface area contributed by atoms with E-state index in [0.29, 0.717) is 23.2 Å². The first-order valence-corrected chi connectivity index (χ1v) is 11.1. The van der Waals surface area contributed by atoms with Gasteiger partial charge in [0.1, 0.15) is 6.10 Å². The van der Waals surface area contributed by atoms with Crippen LogP contribution < -0.4 is 0 Å². The number of allylic oxidation sites excluding steroid dienone is 1. The molecule has 4 aliphatic rings. The lowest BCUT2D eigenvalue weighted by atomic mass is 9.52. The first-order valence-electron chi connectivity index (χ1n) is 11.1. The highest BCUT2D eigenvalue weighted by Crippen LogP contribution is 2.62. The van der Waals surface area contributed by atoms with Gasteiger partial charge in [-0.25, -0.2) is 4.79 Å². The van der Waals surface area contributed by atoms with Crippen molar-refractivity contribution >= 4 is 11.8 Å². The predicted molar refractivity (Wildman–Crippen MR) is 108 cm³/mol. The van der Waals surface area contributed by atoms with Crippen molar-refractivity contribution in [1.82, 2.24) is 0 Å². The molecule has 0 aliphatic heterocycles. The van der Waals surface area contributed by atoms with Gasteiger partial charge in [0.15, 0.2) is 5.78 Å². The molecular weight excluding hydrogens is 348 g/mol. The Morgan fingerprint density at radius 1 is 1.00 bits per heavy atom. The van der Waals surface area contributed by atoms with E-state index >= 15 is 0 Å². The molecule has 5 rings (SSSR count). The topological polar surface area (TPSA) is 43.4 Å². The fourth-order valence-corrected chi connectivity index (χ4v) is 7.10. The Kier molecular flexibility index (Phi) is 4.45. The van der Waals surface area contributed by atoms with E-state index in [-0.39, 0.29) is 17.5 Å². The van der Waals surface area contributed by atoms with Crippen molar-refractivity contribution in [3.8, 4) is 0 Å². The molecule has 6 atom stereocenters. The van der Waals surface area contributed by atoms with Crippen molar-refractivity contribution in [2.75, 3.05) is 0 Å². The molecule has 0 radical (unpaired) electrons. The van der Waals surface area contributed by atoms with E-state index in [1.807, 2.05) is 36.4 Å². The highest BCUT2D eigenvalue weighted by Gasteiger charge is 2.57. The Hall–Kier alpha value is -1.90. The number of ketones is 1. The van der Waals surface area contributed by atoms with Gasteiger partial charge in [0.2, 0.25) is 0 Å². The van der Waals surface area contributed by atoms with Crippen LogP contribution in [0.1, 0.15) is 68.6 Å². The summed E-state index contributed by atoms with van der Waals surface area (Å²) in [5.74, 6) is 2.91. The summed E-state index contributed by atoms with van der Waals surface area (Å²) in [5.41, 5.74) is 2.20. The summed E-state index contributed by atoms with van der Waals surface area (Å²) >= 11 is 0. The molecule has 0 heterocycles. The second-order valence-corrected chi connectivity index (χ2v) is 9.69. The van der Waals surface area contributed by atoms with Crippen LogP contribution in [0, 0.1) is 29.1 Å². The van der Waals surface area contributed by atoms with Gasteiger partial charge in [0, 0.05) is 11.8 Å². The smallest absolute Gasteiger partial charge is 0.338 e. The number of esters is 1. The Morgan fingerprint density at radius 3 is 2.64 bits per heavy atom. The van der Waals surface area contributed by atoms with Crippen LogP contribution in [0.25, 0.3) is 0 Å². The van der Waals surface area contributed by atoms with Crippen LogP contribution in [0.15, 0.2) is 42.0 Å². The lowest BCUT2D eigenvalue weighted by Gasteiger charge is -2.53. The number of carbonyl (C=O) groups excluding carboxylic acids is 2. The fourth-order valence-electron chi connectivity index (χ4n) is 7.10. The van der Waals surface area contributed by atoms with Gasteiger partial charge in [-0.15, -0.1) is 0 Å². The van der Waals surface area contributed by atoms with Gasteiger partial charge in [0.05, 0.1) is 5.56 Å². The summed E-state index contributed by atoms with van der Waals surface area (Å²) in [5, 5.41) is 0. The summed E-state index contributed by atoms with van der Waals surface area (Å²) in [4.78, 5) is 24.5. The Morgan fingerprint density at radius 2 is 1.82 bits per heavy atom. The van der Waals surface area contributed by atoms with Gasteiger partial charge in [-0.3, -0.25) is 4.79 Å². The van der Waals surface area contributed by atoms with Crippen LogP contribution in [0.4, 0.5) is 0 Å². The van der Waals surface area contributed by atoms with Crippen LogP contribution in [0.2, 0.25) is 0 Å². The molecule has 4 aliphatic carbocycles. The summed E-state index contributed by atoms with van der Waals surface area (Å²) < 4.78 is 6.08. The lowest BCUT2D eigenvalue weighted by Crippen LogP contribution is -2.48. The molecule has 0 N–H and O–H groups in total. The molecule has 0 bridgehead atoms. The molecule has 3 nitrogen and oxygen atoms in total. The average Bonchev–Trinajstić information content (AvgIpc) is 3.04. The van der Waals surface area contributed by atoms with Gasteiger partial charge in [0.25, 0.3) is 0 Å². The predicted octanol–water partition coefficient (Wildman–Crippen LogP) is 5.35. The summed E-state index contributed by atoms with van der Waals surface area (Å²) in [6, 6.07) is 9.39. The zero-order valence-electron chi connectivity index (χ0n) is 16.7. The monoisotopic (exact) mass is 378 g/mol. The summed E-state index contributed by atoms with van der Waals surface area (Å²) in [6.45, 7) is 2.37. The first-order chi connectivity index (χ1) is 13.6. The highest BCUT2D eigenvalue weighted by atomic mass is 16.5. The number of hydrogen-bond acceptors (Lipinski definition) is 3. The fraction of sp³-hybridized carbons (Fsp3) is 0.600. The Bertz CT molecular complexity index is 810. The van der Waals surface area contributed by atoms with E-state index in [9.17, 15) is 9.59 Å². The molecule has 0 amide bonds.